The summed E-state index contributed by atoms with van der Waals surface area (Å²) in [6.07, 6.45) is 4.18. The monoisotopic (exact) mass is 575 g/mol. The Morgan fingerprint density at radius 1 is 1.20 bits per heavy atom. The number of pyridine rings is 1. The van der Waals surface area contributed by atoms with Crippen LogP contribution in [0.1, 0.15) is 40.6 Å². The molecule has 3 aromatic heterocycles. The quantitative estimate of drug-likeness (QED) is 0.287. The normalized spacial score (nSPS) is 17.4. The van der Waals surface area contributed by atoms with Crippen molar-refractivity contribution in [1.29, 1.82) is 0 Å². The van der Waals surface area contributed by atoms with E-state index in [4.69, 9.17) is 4.98 Å². The van der Waals surface area contributed by atoms with E-state index in [9.17, 15) is 19.1 Å². The number of hydrogen-bond donors (Lipinski definition) is 2. The van der Waals surface area contributed by atoms with Crippen LogP contribution in [-0.2, 0) is 6.54 Å². The van der Waals surface area contributed by atoms with Crippen molar-refractivity contribution in [3.05, 3.63) is 89.2 Å². The lowest BCUT2D eigenvalue weighted by Crippen LogP contribution is -2.59. The molecule has 1 aromatic carbocycles. The first-order chi connectivity index (χ1) is 19.9. The Labute approximate surface area is 240 Å². The van der Waals surface area contributed by atoms with Gasteiger partial charge < -0.3 is 19.5 Å². The fourth-order valence-corrected chi connectivity index (χ4v) is 6.40. The molecule has 0 saturated carbocycles. The Morgan fingerprint density at radius 3 is 2.73 bits per heavy atom. The summed E-state index contributed by atoms with van der Waals surface area (Å²) in [5.41, 5.74) is 3.73. The molecule has 1 unspecified atom stereocenters. The van der Waals surface area contributed by atoms with E-state index in [1.54, 1.807) is 29.0 Å². The second-order valence-corrected chi connectivity index (χ2v) is 11.3. The van der Waals surface area contributed by atoms with Crippen molar-refractivity contribution in [3.63, 3.8) is 0 Å². The predicted octanol–water partition coefficient (Wildman–Crippen LogP) is 4.92. The molecule has 2 aliphatic heterocycles. The predicted molar refractivity (Wildman–Crippen MR) is 155 cm³/mol. The van der Waals surface area contributed by atoms with Gasteiger partial charge in [-0.2, -0.15) is 4.39 Å². The van der Waals surface area contributed by atoms with Gasteiger partial charge in [-0.25, -0.2) is 14.8 Å². The van der Waals surface area contributed by atoms with Gasteiger partial charge in [0.2, 0.25) is 5.95 Å². The van der Waals surface area contributed by atoms with Crippen molar-refractivity contribution in [1.82, 2.24) is 19.4 Å². The summed E-state index contributed by atoms with van der Waals surface area (Å²) in [6, 6.07) is 14.3. The summed E-state index contributed by atoms with van der Waals surface area (Å²) < 4.78 is 15.3. The van der Waals surface area contributed by atoms with E-state index in [1.807, 2.05) is 36.7 Å². The lowest BCUT2D eigenvalue weighted by Gasteiger charge is -2.42. The highest BCUT2D eigenvalue weighted by Gasteiger charge is 2.34. The molecule has 4 aromatic rings. The lowest BCUT2D eigenvalue weighted by atomic mass is 10.1. The van der Waals surface area contributed by atoms with E-state index in [2.05, 4.69) is 20.1 Å². The van der Waals surface area contributed by atoms with Gasteiger partial charge in [0.1, 0.15) is 5.69 Å². The molecule has 2 fully saturated rings. The average molecular weight is 576 g/mol. The molecule has 0 spiro atoms. The second-order valence-electron chi connectivity index (χ2n) is 10.4. The maximum Gasteiger partial charge on any atom is 0.412 e. The van der Waals surface area contributed by atoms with Crippen molar-refractivity contribution in [2.75, 3.05) is 41.8 Å². The molecule has 0 radical (unpaired) electrons. The van der Waals surface area contributed by atoms with Gasteiger partial charge in [0.15, 0.2) is 5.13 Å². The number of nitrogens with one attached hydrogen (secondary N) is 1. The van der Waals surface area contributed by atoms with Crippen LogP contribution in [0.4, 0.5) is 25.7 Å². The summed E-state index contributed by atoms with van der Waals surface area (Å²) >= 11 is 1.38. The van der Waals surface area contributed by atoms with Crippen LogP contribution in [0, 0.1) is 5.95 Å². The Bertz CT molecular complexity index is 1550. The van der Waals surface area contributed by atoms with Gasteiger partial charge in [-0.1, -0.05) is 0 Å². The lowest BCUT2D eigenvalue weighted by molar-refractivity contribution is 0.101. The minimum Gasteiger partial charge on any atom is -0.465 e. The van der Waals surface area contributed by atoms with Gasteiger partial charge in [-0.05, 0) is 74.0 Å². The number of rotatable bonds is 8. The topological polar surface area (TPSA) is 107 Å². The number of carbonyl (C=O) groups excluding carboxylic acids is 1. The highest BCUT2D eigenvalue weighted by atomic mass is 32.1. The van der Waals surface area contributed by atoms with Crippen molar-refractivity contribution in [2.24, 2.45) is 0 Å². The molecule has 5 heterocycles. The molecule has 6 rings (SSSR count). The molecule has 2 saturated heterocycles. The molecular formula is C29H30FN7O3S. The van der Waals surface area contributed by atoms with E-state index in [1.165, 1.54) is 28.5 Å². The third kappa shape index (κ3) is 5.66. The number of aromatic nitrogens is 3. The third-order valence-corrected chi connectivity index (χ3v) is 8.39. The zero-order valence-corrected chi connectivity index (χ0v) is 23.3. The maximum atomic E-state index is 13.5. The molecule has 41 heavy (non-hydrogen) atoms. The Kier molecular flexibility index (Phi) is 7.41. The van der Waals surface area contributed by atoms with E-state index in [-0.39, 0.29) is 18.0 Å². The highest BCUT2D eigenvalue weighted by Crippen LogP contribution is 2.38. The molecule has 212 valence electrons. The maximum absolute atomic E-state index is 13.5. The number of hydrogen-bond acceptors (Lipinski definition) is 7. The number of halogens is 1. The largest absolute Gasteiger partial charge is 0.465 e. The Hall–Kier alpha value is -4.29. The average Bonchev–Trinajstić information content (AvgIpc) is 3.69. The van der Waals surface area contributed by atoms with Gasteiger partial charge in [0.05, 0.1) is 17.8 Å². The van der Waals surface area contributed by atoms with Crippen molar-refractivity contribution < 1.29 is 19.1 Å². The van der Waals surface area contributed by atoms with Crippen LogP contribution in [0.15, 0.2) is 66.3 Å². The minimum atomic E-state index is -0.939. The van der Waals surface area contributed by atoms with Crippen LogP contribution in [-0.4, -0.2) is 69.3 Å². The Balaban J connectivity index is 1.13. The molecule has 2 aliphatic rings. The number of benzene rings is 1. The first-order valence-corrected chi connectivity index (χ1v) is 14.3. The van der Waals surface area contributed by atoms with Crippen molar-refractivity contribution >= 4 is 39.8 Å². The van der Waals surface area contributed by atoms with Crippen LogP contribution < -0.4 is 15.1 Å². The highest BCUT2D eigenvalue weighted by molar-refractivity contribution is 7.14. The molecule has 2 N–H and O–H groups in total. The van der Waals surface area contributed by atoms with Crippen LogP contribution in [0.2, 0.25) is 0 Å². The second kappa shape index (κ2) is 11.3. The molecule has 1 atom stereocenters. The summed E-state index contributed by atoms with van der Waals surface area (Å²) in [5, 5.41) is 15.2. The van der Waals surface area contributed by atoms with E-state index < -0.39 is 12.0 Å². The molecule has 10 nitrogen and oxygen atoms in total. The Morgan fingerprint density at radius 2 is 2.00 bits per heavy atom. The first-order valence-electron chi connectivity index (χ1n) is 13.5. The summed E-state index contributed by atoms with van der Waals surface area (Å²) in [4.78, 5) is 39.2. The number of nitrogens with zero attached hydrogens (tertiary/aromatic N) is 6. The minimum absolute atomic E-state index is 0.0342. The number of thiazole rings is 1. The number of anilines is 3. The number of carboxylic acid groups (broad SMARTS) is 1. The van der Waals surface area contributed by atoms with Crippen LogP contribution in [0.3, 0.4) is 0 Å². The zero-order valence-electron chi connectivity index (χ0n) is 22.5. The molecule has 2 amide bonds. The first kappa shape index (κ1) is 26.9. The zero-order chi connectivity index (χ0) is 28.5. The van der Waals surface area contributed by atoms with E-state index in [0.717, 1.165) is 43.9 Å². The summed E-state index contributed by atoms with van der Waals surface area (Å²) in [6.45, 7) is 2.65. The fourth-order valence-electron chi connectivity index (χ4n) is 5.65. The number of carbonyl (C=O) groups is 2. The van der Waals surface area contributed by atoms with Gasteiger partial charge in [0.25, 0.3) is 5.91 Å². The van der Waals surface area contributed by atoms with Crippen molar-refractivity contribution in [2.45, 2.75) is 31.5 Å². The molecule has 12 heteroatoms. The van der Waals surface area contributed by atoms with Gasteiger partial charge in [-0.3, -0.25) is 15.0 Å². The molecule has 0 bridgehead atoms. The van der Waals surface area contributed by atoms with Gasteiger partial charge >= 0.3 is 6.09 Å². The standard InChI is InChI=1S/C29H30FN7O3S/c1-34-16-22(17-34)37(29(39)40)21-8-6-20(7-9-21)36-13-3-4-24(36)23-18-41-28(32-23)33-27(38)25-5-2-12-35(25)15-19-10-11-31-26(30)14-19/h2,5-12,14,18,22,24H,3-4,13,15-17H2,1H3,(H,39,40)(H,32,33,38). The summed E-state index contributed by atoms with van der Waals surface area (Å²) in [5.74, 6) is -0.846. The van der Waals surface area contributed by atoms with Crippen molar-refractivity contribution in [3.8, 4) is 0 Å². The van der Waals surface area contributed by atoms with E-state index in [0.29, 0.717) is 28.6 Å². The smallest absolute Gasteiger partial charge is 0.412 e. The number of amides is 2. The SMILES string of the molecule is CN1CC(N(C(=O)O)c2ccc(N3CCCC3c3csc(NC(=O)c4cccn4Cc4ccnc(F)c4)n3)cc2)C1. The van der Waals surface area contributed by atoms with Gasteiger partial charge in [0, 0.05) is 55.3 Å². The summed E-state index contributed by atoms with van der Waals surface area (Å²) in [7, 11) is 1.98. The van der Waals surface area contributed by atoms with E-state index >= 15 is 0 Å². The van der Waals surface area contributed by atoms with Crippen LogP contribution >= 0.6 is 11.3 Å². The fraction of sp³-hybridized carbons (Fsp3) is 0.310. The third-order valence-electron chi connectivity index (χ3n) is 7.62. The number of likely N-dealkylation sites (tertiary alicyclic amines) is 1. The molecular weight excluding hydrogens is 545 g/mol. The molecule has 0 aliphatic carbocycles. The van der Waals surface area contributed by atoms with Crippen LogP contribution in [0.5, 0.6) is 0 Å². The van der Waals surface area contributed by atoms with Gasteiger partial charge in [-0.15, -0.1) is 11.3 Å². The number of likely N-dealkylation sites (N-methyl/N-ethyl adjacent to an activating group) is 1. The van der Waals surface area contributed by atoms with Crippen LogP contribution in [0.25, 0.3) is 0 Å².